The zero-order valence-corrected chi connectivity index (χ0v) is 19.0. The molecule has 0 aliphatic carbocycles. The molecule has 5 heteroatoms. The first-order valence-electron chi connectivity index (χ1n) is 9.13. The van der Waals surface area contributed by atoms with Gasteiger partial charge in [0, 0.05) is 0 Å². The molecule has 1 radical (unpaired) electrons. The molecule has 1 N–H and O–H groups in total. The van der Waals surface area contributed by atoms with Crippen LogP contribution in [-0.4, -0.2) is 38.1 Å². The Morgan fingerprint density at radius 3 is 1.40 bits per heavy atom. The number of benzene rings is 1. The highest BCUT2D eigenvalue weighted by Gasteiger charge is 2.24. The lowest BCUT2D eigenvalue weighted by Gasteiger charge is -2.37. The van der Waals surface area contributed by atoms with Gasteiger partial charge in [-0.1, -0.05) is 59.2 Å². The van der Waals surface area contributed by atoms with Crippen LogP contribution in [0.5, 0.6) is 0 Å². The third kappa shape index (κ3) is 11.7. The minimum absolute atomic E-state index is 0.0666. The average molecular weight is 390 g/mol. The zero-order chi connectivity index (χ0) is 19.8. The van der Waals surface area contributed by atoms with Crippen LogP contribution in [0.1, 0.15) is 47.1 Å². The highest BCUT2D eigenvalue weighted by molar-refractivity contribution is 7.85. The summed E-state index contributed by atoms with van der Waals surface area (Å²) in [6, 6.07) is 5.99. The molecule has 0 saturated carbocycles. The first-order chi connectivity index (χ1) is 11.2. The molecule has 0 heterocycles. The zero-order valence-electron chi connectivity index (χ0n) is 17.3. The molecule has 0 atom stereocenters. The Morgan fingerprint density at radius 2 is 1.16 bits per heavy atom. The maximum atomic E-state index is 10.5. The molecule has 0 spiro atoms. The van der Waals surface area contributed by atoms with Gasteiger partial charge in [-0.25, -0.2) is 0 Å². The first kappa shape index (κ1) is 24.6. The summed E-state index contributed by atoms with van der Waals surface area (Å²) in [5.74, 6) is 2.64. The van der Waals surface area contributed by atoms with Crippen LogP contribution in [0.2, 0.25) is 0 Å². The fraction of sp³-hybridized carbons (Fsp3) is 0.700. The Hall–Kier alpha value is -0.440. The van der Waals surface area contributed by atoms with Crippen LogP contribution in [0, 0.1) is 24.7 Å². The van der Waals surface area contributed by atoms with E-state index in [-0.39, 0.29) is 4.90 Å². The van der Waals surface area contributed by atoms with Crippen LogP contribution >= 0.6 is 7.26 Å². The molecule has 0 aliphatic heterocycles. The molecule has 1 rings (SSSR count). The summed E-state index contributed by atoms with van der Waals surface area (Å²) in [5.41, 5.74) is 0.956. The van der Waals surface area contributed by atoms with Crippen LogP contribution in [0.3, 0.4) is 0 Å². The molecule has 0 bridgehead atoms. The van der Waals surface area contributed by atoms with E-state index in [0.29, 0.717) is 0 Å². The summed E-state index contributed by atoms with van der Waals surface area (Å²) in [5, 5.41) is 0. The van der Waals surface area contributed by atoms with Crippen molar-refractivity contribution in [3.05, 3.63) is 29.8 Å². The van der Waals surface area contributed by atoms with Crippen molar-refractivity contribution in [2.24, 2.45) is 17.8 Å². The molecule has 0 unspecified atom stereocenters. The highest BCUT2D eigenvalue weighted by Crippen LogP contribution is 2.58. The molecule has 147 valence electrons. The lowest BCUT2D eigenvalue weighted by atomic mass is 10.2. The van der Waals surface area contributed by atoms with Crippen molar-refractivity contribution in [3.63, 3.8) is 0 Å². The third-order valence-electron chi connectivity index (χ3n) is 3.74. The van der Waals surface area contributed by atoms with E-state index in [1.807, 2.05) is 6.92 Å². The van der Waals surface area contributed by atoms with Crippen LogP contribution in [0.15, 0.2) is 29.2 Å². The second kappa shape index (κ2) is 10.6. The maximum absolute atomic E-state index is 10.5. The minimum Gasteiger partial charge on any atom is -0.282 e. The van der Waals surface area contributed by atoms with Gasteiger partial charge in [0.05, 0.1) is 4.90 Å². The lowest BCUT2D eigenvalue weighted by molar-refractivity contribution is 0.483. The molecule has 3 nitrogen and oxygen atoms in total. The van der Waals surface area contributed by atoms with Gasteiger partial charge in [-0.2, -0.15) is 8.42 Å². The normalized spacial score (nSPS) is 12.5. The summed E-state index contributed by atoms with van der Waals surface area (Å²) in [6.45, 7) is 18.7. The highest BCUT2D eigenvalue weighted by atomic mass is 32.2. The monoisotopic (exact) mass is 389 g/mol. The van der Waals surface area contributed by atoms with Crippen molar-refractivity contribution in [1.29, 1.82) is 0 Å². The second-order valence-corrected chi connectivity index (χ2v) is 14.4. The summed E-state index contributed by atoms with van der Waals surface area (Å²) in [4.78, 5) is -0.0666. The standard InChI is InChI=1S/C13H30P.C7H8O3S/c1-11(2)8-14(7,9-12(3)4)10-13(5)6;1-6-2-4-7(5-3-6)11(8,9)10/h11-13H,8-10H2,1-7H3;2-5H,1H3,(H,8,9,10). The van der Waals surface area contributed by atoms with Gasteiger partial charge in [-0.15, -0.1) is 7.26 Å². The van der Waals surface area contributed by atoms with Crippen molar-refractivity contribution < 1.29 is 13.0 Å². The van der Waals surface area contributed by atoms with Crippen molar-refractivity contribution in [1.82, 2.24) is 0 Å². The van der Waals surface area contributed by atoms with Crippen LogP contribution in [0.25, 0.3) is 0 Å². The summed E-state index contributed by atoms with van der Waals surface area (Å²) in [6.07, 6.45) is 4.47. The molecule has 25 heavy (non-hydrogen) atoms. The number of rotatable bonds is 7. The van der Waals surface area contributed by atoms with E-state index in [2.05, 4.69) is 48.2 Å². The van der Waals surface area contributed by atoms with Crippen LogP contribution in [-0.2, 0) is 10.1 Å². The van der Waals surface area contributed by atoms with Gasteiger partial charge in [-0.05, 0) is 62.0 Å². The van der Waals surface area contributed by atoms with E-state index in [4.69, 9.17) is 4.55 Å². The number of hydrogen-bond donors (Lipinski definition) is 1. The summed E-state index contributed by atoms with van der Waals surface area (Å²) in [7, 11) is -4.66. The fourth-order valence-electron chi connectivity index (χ4n) is 3.58. The summed E-state index contributed by atoms with van der Waals surface area (Å²) < 4.78 is 29.6. The van der Waals surface area contributed by atoms with E-state index in [1.165, 1.54) is 30.6 Å². The molecule has 0 saturated heterocycles. The smallest absolute Gasteiger partial charge is 0.282 e. The molecule has 1 aromatic rings. The number of hydrogen-bond acceptors (Lipinski definition) is 2. The predicted molar refractivity (Wildman–Crippen MR) is 113 cm³/mol. The first-order valence-corrected chi connectivity index (χ1v) is 13.4. The van der Waals surface area contributed by atoms with Crippen molar-refractivity contribution >= 4 is 17.4 Å². The molecule has 0 amide bonds. The quantitative estimate of drug-likeness (QED) is 0.470. The average Bonchev–Trinajstić information content (AvgIpc) is 2.34. The van der Waals surface area contributed by atoms with Crippen LogP contribution < -0.4 is 0 Å². The van der Waals surface area contributed by atoms with Crippen molar-refractivity contribution in [3.8, 4) is 0 Å². The molecule has 0 fully saturated rings. The van der Waals surface area contributed by atoms with Crippen LogP contribution in [0.4, 0.5) is 0 Å². The third-order valence-corrected chi connectivity index (χ3v) is 9.44. The summed E-state index contributed by atoms with van der Waals surface area (Å²) >= 11 is 0. The van der Waals surface area contributed by atoms with Gasteiger partial charge in [0.15, 0.2) is 0 Å². The van der Waals surface area contributed by atoms with Gasteiger partial charge in [0.1, 0.15) is 0 Å². The Labute approximate surface area is 156 Å². The van der Waals surface area contributed by atoms with E-state index < -0.39 is 17.4 Å². The Bertz CT molecular complexity index is 563. The van der Waals surface area contributed by atoms with E-state index in [0.717, 1.165) is 23.3 Å². The molecular formula is C20H38O3PS. The molecule has 1 aromatic carbocycles. The van der Waals surface area contributed by atoms with Gasteiger partial charge in [0.2, 0.25) is 0 Å². The van der Waals surface area contributed by atoms with Gasteiger partial charge < -0.3 is 0 Å². The molecular weight excluding hydrogens is 351 g/mol. The topological polar surface area (TPSA) is 54.4 Å². The minimum atomic E-state index is -4.02. The maximum Gasteiger partial charge on any atom is 0.294 e. The van der Waals surface area contributed by atoms with Crippen molar-refractivity contribution in [2.45, 2.75) is 53.4 Å². The van der Waals surface area contributed by atoms with E-state index in [1.54, 1.807) is 12.1 Å². The Balaban J connectivity index is 0.000000472. The fourth-order valence-corrected chi connectivity index (χ4v) is 9.79. The molecule has 0 aromatic heterocycles. The lowest BCUT2D eigenvalue weighted by Crippen LogP contribution is -2.16. The SMILES string of the molecule is CC(C)C[P](C)(CC(C)C)CC(C)C.Cc1ccc(S(=O)(=O)O)cc1. The van der Waals surface area contributed by atoms with Gasteiger partial charge in [-0.3, -0.25) is 4.55 Å². The van der Waals surface area contributed by atoms with E-state index >= 15 is 0 Å². The predicted octanol–water partition coefficient (Wildman–Crippen LogP) is 5.84. The van der Waals surface area contributed by atoms with Gasteiger partial charge in [0.25, 0.3) is 10.1 Å². The largest absolute Gasteiger partial charge is 0.294 e. The molecule has 0 aliphatic rings. The van der Waals surface area contributed by atoms with E-state index in [9.17, 15) is 8.42 Å². The second-order valence-electron chi connectivity index (χ2n) is 8.64. The van der Waals surface area contributed by atoms with Gasteiger partial charge >= 0.3 is 0 Å². The Kier molecular flexibility index (Phi) is 10.5. The van der Waals surface area contributed by atoms with Crippen molar-refractivity contribution in [2.75, 3.05) is 25.2 Å². The Morgan fingerprint density at radius 1 is 0.840 bits per heavy atom. The number of aryl methyl sites for hydroxylation is 1.